The molecule has 1 amide bonds. The molecule has 29 heavy (non-hydrogen) atoms. The van der Waals surface area contributed by atoms with Gasteiger partial charge in [0.1, 0.15) is 0 Å². The van der Waals surface area contributed by atoms with Gasteiger partial charge < -0.3 is 5.32 Å². The number of hydrogen-bond acceptors (Lipinski definition) is 4. The highest BCUT2D eigenvalue weighted by molar-refractivity contribution is 8.00. The Kier molecular flexibility index (Phi) is 7.34. The Hall–Kier alpha value is -2.31. The van der Waals surface area contributed by atoms with Gasteiger partial charge in [0.05, 0.1) is 21.8 Å². The van der Waals surface area contributed by atoms with Crippen LogP contribution < -0.4 is 10.9 Å². The predicted molar refractivity (Wildman–Crippen MR) is 120 cm³/mol. The fourth-order valence-electron chi connectivity index (χ4n) is 2.99. The summed E-state index contributed by atoms with van der Waals surface area (Å²) >= 11 is 7.47. The third kappa shape index (κ3) is 5.00. The molecule has 5 nitrogen and oxygen atoms in total. The SMILES string of the molecule is CCCCNC(=O)C(CC)Sc1nc2ccccc2c(=O)n1-c1cccc(Cl)c1. The Labute approximate surface area is 179 Å². The number of rotatable bonds is 8. The van der Waals surface area contributed by atoms with Crippen molar-refractivity contribution in [1.82, 2.24) is 14.9 Å². The first kappa shape index (κ1) is 21.4. The lowest BCUT2D eigenvalue weighted by atomic mass is 10.2. The lowest BCUT2D eigenvalue weighted by molar-refractivity contribution is -0.120. The minimum Gasteiger partial charge on any atom is -0.355 e. The Morgan fingerprint density at radius 1 is 1.21 bits per heavy atom. The molecule has 0 saturated carbocycles. The summed E-state index contributed by atoms with van der Waals surface area (Å²) in [5.74, 6) is -0.0361. The van der Waals surface area contributed by atoms with E-state index in [0.717, 1.165) is 12.8 Å². The molecule has 1 aromatic heterocycles. The number of amides is 1. The first-order chi connectivity index (χ1) is 14.0. The number of nitrogens with one attached hydrogen (secondary N) is 1. The highest BCUT2D eigenvalue weighted by atomic mass is 35.5. The number of hydrogen-bond donors (Lipinski definition) is 1. The van der Waals surface area contributed by atoms with Crippen molar-refractivity contribution in [2.45, 2.75) is 43.5 Å². The van der Waals surface area contributed by atoms with Crippen LogP contribution in [-0.2, 0) is 4.79 Å². The summed E-state index contributed by atoms with van der Waals surface area (Å²) in [6.07, 6.45) is 2.58. The number of carbonyl (C=O) groups is 1. The van der Waals surface area contributed by atoms with Crippen molar-refractivity contribution in [2.75, 3.05) is 6.54 Å². The minimum absolute atomic E-state index is 0.0361. The van der Waals surface area contributed by atoms with Crippen molar-refractivity contribution in [1.29, 1.82) is 0 Å². The van der Waals surface area contributed by atoms with Crippen molar-refractivity contribution in [3.05, 3.63) is 63.9 Å². The molecule has 7 heteroatoms. The number of nitrogens with zero attached hydrogens (tertiary/aromatic N) is 2. The molecular weight excluding hydrogens is 406 g/mol. The molecule has 0 aliphatic heterocycles. The van der Waals surface area contributed by atoms with Crippen molar-refractivity contribution in [3.63, 3.8) is 0 Å². The zero-order valence-electron chi connectivity index (χ0n) is 16.5. The van der Waals surface area contributed by atoms with E-state index >= 15 is 0 Å². The van der Waals surface area contributed by atoms with Crippen molar-refractivity contribution < 1.29 is 4.79 Å². The molecule has 0 aliphatic carbocycles. The van der Waals surface area contributed by atoms with E-state index in [1.807, 2.05) is 31.2 Å². The van der Waals surface area contributed by atoms with Gasteiger partial charge in [-0.25, -0.2) is 4.98 Å². The molecule has 0 spiro atoms. The Bertz CT molecular complexity index is 1070. The van der Waals surface area contributed by atoms with Gasteiger partial charge in [-0.3, -0.25) is 14.2 Å². The Morgan fingerprint density at radius 3 is 2.72 bits per heavy atom. The third-order valence-electron chi connectivity index (χ3n) is 4.55. The molecule has 1 atom stereocenters. The topological polar surface area (TPSA) is 64.0 Å². The van der Waals surface area contributed by atoms with E-state index in [4.69, 9.17) is 16.6 Å². The number of halogens is 1. The van der Waals surface area contributed by atoms with Gasteiger partial charge in [-0.1, -0.05) is 61.8 Å². The van der Waals surface area contributed by atoms with Crippen LogP contribution in [0.4, 0.5) is 0 Å². The summed E-state index contributed by atoms with van der Waals surface area (Å²) in [7, 11) is 0. The lowest BCUT2D eigenvalue weighted by Gasteiger charge is -2.18. The smallest absolute Gasteiger partial charge is 0.266 e. The van der Waals surface area contributed by atoms with Crippen LogP contribution in [0, 0.1) is 0 Å². The van der Waals surface area contributed by atoms with Gasteiger partial charge in [0.2, 0.25) is 5.91 Å². The summed E-state index contributed by atoms with van der Waals surface area (Å²) in [5.41, 5.74) is 1.06. The van der Waals surface area contributed by atoms with Crippen LogP contribution in [0.25, 0.3) is 16.6 Å². The maximum absolute atomic E-state index is 13.3. The number of para-hydroxylation sites is 1. The van der Waals surface area contributed by atoms with E-state index in [0.29, 0.717) is 39.7 Å². The monoisotopic (exact) mass is 429 g/mol. The van der Waals surface area contributed by atoms with Crippen LogP contribution in [0.2, 0.25) is 5.02 Å². The van der Waals surface area contributed by atoms with Crippen LogP contribution in [0.1, 0.15) is 33.1 Å². The summed E-state index contributed by atoms with van der Waals surface area (Å²) in [4.78, 5) is 30.6. The van der Waals surface area contributed by atoms with Gasteiger partial charge in [0, 0.05) is 11.6 Å². The van der Waals surface area contributed by atoms with Crippen LogP contribution in [0.3, 0.4) is 0 Å². The molecule has 2 aromatic carbocycles. The minimum atomic E-state index is -0.342. The van der Waals surface area contributed by atoms with Gasteiger partial charge in [-0.15, -0.1) is 0 Å². The number of aromatic nitrogens is 2. The highest BCUT2D eigenvalue weighted by Crippen LogP contribution is 2.27. The number of carbonyl (C=O) groups excluding carboxylic acids is 1. The van der Waals surface area contributed by atoms with Gasteiger partial charge in [0.15, 0.2) is 5.16 Å². The van der Waals surface area contributed by atoms with Crippen LogP contribution in [0.5, 0.6) is 0 Å². The fraction of sp³-hybridized carbons (Fsp3) is 0.318. The molecule has 1 N–H and O–H groups in total. The third-order valence-corrected chi connectivity index (χ3v) is 6.10. The molecule has 0 aliphatic rings. The summed E-state index contributed by atoms with van der Waals surface area (Å²) < 4.78 is 1.54. The van der Waals surface area contributed by atoms with Gasteiger partial charge in [0.25, 0.3) is 5.56 Å². The second-order valence-electron chi connectivity index (χ2n) is 6.69. The van der Waals surface area contributed by atoms with Gasteiger partial charge >= 0.3 is 0 Å². The normalized spacial score (nSPS) is 12.1. The lowest BCUT2D eigenvalue weighted by Crippen LogP contribution is -2.33. The first-order valence-electron chi connectivity index (χ1n) is 9.77. The van der Waals surface area contributed by atoms with Crippen molar-refractivity contribution in [3.8, 4) is 5.69 Å². The highest BCUT2D eigenvalue weighted by Gasteiger charge is 2.22. The summed E-state index contributed by atoms with van der Waals surface area (Å²) in [5, 5.41) is 4.17. The molecule has 3 aromatic rings. The van der Waals surface area contributed by atoms with Crippen molar-refractivity contribution in [2.24, 2.45) is 0 Å². The number of thioether (sulfide) groups is 1. The predicted octanol–water partition coefficient (Wildman–Crippen LogP) is 4.83. The molecule has 0 radical (unpaired) electrons. The molecule has 1 unspecified atom stereocenters. The zero-order valence-corrected chi connectivity index (χ0v) is 18.1. The van der Waals surface area contributed by atoms with E-state index in [1.54, 1.807) is 28.8 Å². The van der Waals surface area contributed by atoms with E-state index < -0.39 is 0 Å². The number of benzene rings is 2. The second-order valence-corrected chi connectivity index (χ2v) is 8.30. The van der Waals surface area contributed by atoms with Crippen molar-refractivity contribution >= 4 is 40.2 Å². The number of fused-ring (bicyclic) bond motifs is 1. The average Bonchev–Trinajstić information content (AvgIpc) is 2.72. The Morgan fingerprint density at radius 2 is 2.00 bits per heavy atom. The molecule has 0 bridgehead atoms. The number of unbranched alkanes of at least 4 members (excludes halogenated alkanes) is 1. The van der Waals surface area contributed by atoms with Crippen LogP contribution in [0.15, 0.2) is 58.5 Å². The van der Waals surface area contributed by atoms with Crippen LogP contribution >= 0.6 is 23.4 Å². The van der Waals surface area contributed by atoms with Gasteiger partial charge in [-0.2, -0.15) is 0 Å². The second kappa shape index (κ2) is 9.94. The van der Waals surface area contributed by atoms with E-state index in [2.05, 4.69) is 12.2 Å². The van der Waals surface area contributed by atoms with Crippen LogP contribution in [-0.4, -0.2) is 27.3 Å². The standard InChI is InChI=1S/C22H24ClN3O2S/c1-3-5-13-24-20(27)19(4-2)29-22-25-18-12-7-6-11-17(18)21(28)26(22)16-10-8-9-15(23)14-16/h6-12,14,19H,3-5,13H2,1-2H3,(H,24,27). The molecular formula is C22H24ClN3O2S. The maximum Gasteiger partial charge on any atom is 0.266 e. The Balaban J connectivity index is 2.07. The summed E-state index contributed by atoms with van der Waals surface area (Å²) in [6, 6.07) is 14.3. The molecule has 0 saturated heterocycles. The zero-order chi connectivity index (χ0) is 20.8. The molecule has 152 valence electrons. The van der Waals surface area contributed by atoms with E-state index in [1.165, 1.54) is 11.8 Å². The quantitative estimate of drug-likeness (QED) is 0.316. The summed E-state index contributed by atoms with van der Waals surface area (Å²) in [6.45, 7) is 4.69. The first-order valence-corrected chi connectivity index (χ1v) is 11.0. The maximum atomic E-state index is 13.3. The van der Waals surface area contributed by atoms with E-state index in [-0.39, 0.29) is 16.7 Å². The largest absolute Gasteiger partial charge is 0.355 e. The molecule has 1 heterocycles. The van der Waals surface area contributed by atoms with Gasteiger partial charge in [-0.05, 0) is 43.2 Å². The molecule has 0 fully saturated rings. The average molecular weight is 430 g/mol. The van der Waals surface area contributed by atoms with E-state index in [9.17, 15) is 9.59 Å². The fourth-order valence-corrected chi connectivity index (χ4v) is 4.23. The molecule has 3 rings (SSSR count).